The van der Waals surface area contributed by atoms with Gasteiger partial charge in [-0.3, -0.25) is 9.59 Å². The molecule has 1 aliphatic heterocycles. The van der Waals surface area contributed by atoms with Crippen molar-refractivity contribution in [3.8, 4) is 0 Å². The van der Waals surface area contributed by atoms with Gasteiger partial charge in [-0.15, -0.1) is 0 Å². The number of halogens is 1. The lowest BCUT2D eigenvalue weighted by molar-refractivity contribution is -0.139. The highest BCUT2D eigenvalue weighted by Crippen LogP contribution is 2.39. The number of fused-ring (bicyclic) bond motifs is 2. The molecule has 8 heteroatoms. The molecule has 1 aliphatic carbocycles. The number of H-pyrrole nitrogens is 1. The molecule has 0 spiro atoms. The largest absolute Gasteiger partial charge is 0.393 e. The zero-order chi connectivity index (χ0) is 23.9. The number of piperidine rings is 1. The molecule has 2 aromatic carbocycles. The van der Waals surface area contributed by atoms with Gasteiger partial charge in [0.25, 0.3) is 5.91 Å². The van der Waals surface area contributed by atoms with Crippen LogP contribution < -0.4 is 5.32 Å². The SMILES string of the molecule is O=C(NC1Cc2ccccc2[C@@](O)(CC(=O)N2CCC(O)CC2)C1)c1cc2cc(Cl)ccc2[nH]1. The number of aliphatic hydroxyl groups is 2. The minimum absolute atomic E-state index is 0.0582. The number of benzene rings is 2. The third kappa shape index (κ3) is 4.56. The first-order chi connectivity index (χ1) is 16.3. The maximum absolute atomic E-state index is 13.0. The Labute approximate surface area is 202 Å². The van der Waals surface area contributed by atoms with Gasteiger partial charge in [-0.25, -0.2) is 0 Å². The van der Waals surface area contributed by atoms with Crippen LogP contribution in [0.1, 0.15) is 47.3 Å². The van der Waals surface area contributed by atoms with Gasteiger partial charge >= 0.3 is 0 Å². The van der Waals surface area contributed by atoms with Crippen molar-refractivity contribution in [2.45, 2.75) is 49.9 Å². The molecule has 5 rings (SSSR count). The van der Waals surface area contributed by atoms with Crippen molar-refractivity contribution in [3.63, 3.8) is 0 Å². The number of hydrogen-bond donors (Lipinski definition) is 4. The molecule has 2 aliphatic rings. The van der Waals surface area contributed by atoms with Crippen molar-refractivity contribution in [1.29, 1.82) is 0 Å². The maximum atomic E-state index is 13.0. The molecule has 2 heterocycles. The summed E-state index contributed by atoms with van der Waals surface area (Å²) in [7, 11) is 0. The van der Waals surface area contributed by atoms with Crippen molar-refractivity contribution in [1.82, 2.24) is 15.2 Å². The fourth-order valence-corrected chi connectivity index (χ4v) is 5.42. The molecule has 1 fully saturated rings. The first-order valence-electron chi connectivity index (χ1n) is 11.7. The number of aromatic amines is 1. The van der Waals surface area contributed by atoms with E-state index < -0.39 is 5.60 Å². The fraction of sp³-hybridized carbons (Fsp3) is 0.385. The number of nitrogens with one attached hydrogen (secondary N) is 2. The predicted molar refractivity (Wildman–Crippen MR) is 130 cm³/mol. The summed E-state index contributed by atoms with van der Waals surface area (Å²) in [6.45, 7) is 0.977. The summed E-state index contributed by atoms with van der Waals surface area (Å²) < 4.78 is 0. The number of amides is 2. The first-order valence-corrected chi connectivity index (χ1v) is 12.0. The van der Waals surface area contributed by atoms with E-state index in [-0.39, 0.29) is 36.8 Å². The Balaban J connectivity index is 1.35. The lowest BCUT2D eigenvalue weighted by atomic mass is 9.74. The number of carbonyl (C=O) groups is 2. The van der Waals surface area contributed by atoms with E-state index in [2.05, 4.69) is 10.3 Å². The summed E-state index contributed by atoms with van der Waals surface area (Å²) in [5.41, 5.74) is 1.52. The van der Waals surface area contributed by atoms with E-state index in [1.165, 1.54) is 0 Å². The van der Waals surface area contributed by atoms with Crippen molar-refractivity contribution < 1.29 is 19.8 Å². The van der Waals surface area contributed by atoms with Crippen molar-refractivity contribution in [2.24, 2.45) is 0 Å². The number of carbonyl (C=O) groups excluding carboxylic acids is 2. The Morgan fingerprint density at radius 2 is 1.91 bits per heavy atom. The summed E-state index contributed by atoms with van der Waals surface area (Å²) in [5, 5.41) is 25.9. The Morgan fingerprint density at radius 3 is 2.71 bits per heavy atom. The molecule has 2 amide bonds. The monoisotopic (exact) mass is 481 g/mol. The average molecular weight is 482 g/mol. The maximum Gasteiger partial charge on any atom is 0.267 e. The van der Waals surface area contributed by atoms with Crippen LogP contribution in [0.2, 0.25) is 5.02 Å². The molecule has 3 aromatic rings. The van der Waals surface area contributed by atoms with Gasteiger partial charge in [0.1, 0.15) is 11.3 Å². The lowest BCUT2D eigenvalue weighted by Crippen LogP contribution is -2.49. The number of likely N-dealkylation sites (tertiary alicyclic amines) is 1. The number of rotatable bonds is 4. The van der Waals surface area contributed by atoms with E-state index in [0.717, 1.165) is 22.0 Å². The standard InChI is InChI=1S/C26H28ClN3O4/c27-18-5-6-22-17(11-18)13-23(29-22)25(33)28-19-12-16-3-1-2-4-21(16)26(34,14-19)15-24(32)30-9-7-20(31)8-10-30/h1-6,11,13,19-20,29,31,34H,7-10,12,14-15H2,(H,28,33)/t19?,26-/m0/s1. The summed E-state index contributed by atoms with van der Waals surface area (Å²) >= 11 is 6.06. The molecule has 1 saturated heterocycles. The summed E-state index contributed by atoms with van der Waals surface area (Å²) in [4.78, 5) is 30.9. The van der Waals surface area contributed by atoms with Gasteiger partial charge in [0.2, 0.25) is 5.91 Å². The van der Waals surface area contributed by atoms with Crippen LogP contribution in [0.5, 0.6) is 0 Å². The van der Waals surface area contributed by atoms with Crippen LogP contribution in [-0.4, -0.2) is 57.1 Å². The molecule has 1 unspecified atom stereocenters. The molecule has 178 valence electrons. The van der Waals surface area contributed by atoms with E-state index in [9.17, 15) is 19.8 Å². The van der Waals surface area contributed by atoms with Gasteiger partial charge in [0, 0.05) is 41.5 Å². The van der Waals surface area contributed by atoms with Gasteiger partial charge < -0.3 is 25.4 Å². The van der Waals surface area contributed by atoms with Crippen LogP contribution in [0.15, 0.2) is 48.5 Å². The molecular weight excluding hydrogens is 454 g/mol. The van der Waals surface area contributed by atoms with Crippen LogP contribution in [0.4, 0.5) is 0 Å². The quantitative estimate of drug-likeness (QED) is 0.459. The van der Waals surface area contributed by atoms with Gasteiger partial charge in [0.05, 0.1) is 12.5 Å². The molecule has 34 heavy (non-hydrogen) atoms. The molecule has 2 atom stereocenters. The Kier molecular flexibility index (Phi) is 6.10. The lowest BCUT2D eigenvalue weighted by Gasteiger charge is -2.40. The number of aromatic nitrogens is 1. The normalized spacial score (nSPS) is 23.0. The van der Waals surface area contributed by atoms with Crippen molar-refractivity contribution >= 4 is 34.3 Å². The summed E-state index contributed by atoms with van der Waals surface area (Å²) in [6, 6.07) is 14.4. The summed E-state index contributed by atoms with van der Waals surface area (Å²) in [5.74, 6) is -0.404. The molecule has 0 radical (unpaired) electrons. The van der Waals surface area contributed by atoms with Crippen LogP contribution in [0, 0.1) is 0 Å². The van der Waals surface area contributed by atoms with E-state index in [4.69, 9.17) is 11.6 Å². The number of aliphatic hydroxyl groups excluding tert-OH is 1. The highest BCUT2D eigenvalue weighted by Gasteiger charge is 2.42. The number of hydrogen-bond acceptors (Lipinski definition) is 4. The Hall–Kier alpha value is -2.87. The van der Waals surface area contributed by atoms with E-state index in [1.807, 2.05) is 30.3 Å². The molecule has 0 saturated carbocycles. The minimum atomic E-state index is -1.38. The van der Waals surface area contributed by atoms with Gasteiger partial charge in [-0.05, 0) is 54.7 Å². The van der Waals surface area contributed by atoms with E-state index >= 15 is 0 Å². The van der Waals surface area contributed by atoms with Gasteiger partial charge in [-0.1, -0.05) is 35.9 Å². The van der Waals surface area contributed by atoms with E-state index in [0.29, 0.717) is 43.1 Å². The van der Waals surface area contributed by atoms with Crippen LogP contribution in [0.25, 0.3) is 10.9 Å². The minimum Gasteiger partial charge on any atom is -0.393 e. The van der Waals surface area contributed by atoms with Crippen LogP contribution in [0.3, 0.4) is 0 Å². The molecule has 1 aromatic heterocycles. The molecule has 0 bridgehead atoms. The molecule has 7 nitrogen and oxygen atoms in total. The van der Waals surface area contributed by atoms with E-state index in [1.54, 1.807) is 23.1 Å². The molecule has 4 N–H and O–H groups in total. The van der Waals surface area contributed by atoms with Gasteiger partial charge in [0.15, 0.2) is 0 Å². The molecular formula is C26H28ClN3O4. The highest BCUT2D eigenvalue weighted by atomic mass is 35.5. The predicted octanol–water partition coefficient (Wildman–Crippen LogP) is 3.13. The third-order valence-corrected chi connectivity index (χ3v) is 7.23. The first kappa shape index (κ1) is 22.9. The second kappa shape index (κ2) is 9.06. The topological polar surface area (TPSA) is 106 Å². The second-order valence-electron chi connectivity index (χ2n) is 9.47. The van der Waals surface area contributed by atoms with Gasteiger partial charge in [-0.2, -0.15) is 0 Å². The Bertz CT molecular complexity index is 1230. The van der Waals surface area contributed by atoms with Crippen LogP contribution in [-0.2, 0) is 16.8 Å². The summed E-state index contributed by atoms with van der Waals surface area (Å²) in [6.07, 6.45) is 1.48. The zero-order valence-corrected chi connectivity index (χ0v) is 19.5. The Morgan fingerprint density at radius 1 is 1.15 bits per heavy atom. The van der Waals surface area contributed by atoms with Crippen molar-refractivity contribution in [3.05, 3.63) is 70.4 Å². The van der Waals surface area contributed by atoms with Crippen LogP contribution >= 0.6 is 11.6 Å². The zero-order valence-electron chi connectivity index (χ0n) is 18.8. The number of nitrogens with zero attached hydrogens (tertiary/aromatic N) is 1. The fourth-order valence-electron chi connectivity index (χ4n) is 5.24. The third-order valence-electron chi connectivity index (χ3n) is 6.99. The highest BCUT2D eigenvalue weighted by molar-refractivity contribution is 6.31. The second-order valence-corrected chi connectivity index (χ2v) is 9.91. The van der Waals surface area contributed by atoms with Crippen molar-refractivity contribution in [2.75, 3.05) is 13.1 Å². The average Bonchev–Trinajstić information content (AvgIpc) is 3.23. The smallest absolute Gasteiger partial charge is 0.267 e.